The third-order valence-corrected chi connectivity index (χ3v) is 3.04. The first-order valence-corrected chi connectivity index (χ1v) is 7.28. The Hall–Kier alpha value is -2.52. The van der Waals surface area contributed by atoms with E-state index >= 15 is 0 Å². The van der Waals surface area contributed by atoms with Crippen molar-refractivity contribution in [1.82, 2.24) is 0 Å². The van der Waals surface area contributed by atoms with Crippen LogP contribution in [0.25, 0.3) is 6.08 Å². The monoisotopic (exact) mass is 279 g/mol. The molecule has 0 N–H and O–H groups in total. The molecular formula is C18H21N3. The lowest BCUT2D eigenvalue weighted by molar-refractivity contribution is 0.745. The van der Waals surface area contributed by atoms with Crippen molar-refractivity contribution in [2.24, 2.45) is 0 Å². The molecule has 0 aliphatic heterocycles. The minimum absolute atomic E-state index is 0.111. The van der Waals surface area contributed by atoms with E-state index in [9.17, 15) is 0 Å². The molecule has 1 aromatic carbocycles. The van der Waals surface area contributed by atoms with Gasteiger partial charge in [0.15, 0.2) is 0 Å². The summed E-state index contributed by atoms with van der Waals surface area (Å²) in [7, 11) is 0. The molecule has 0 unspecified atom stereocenters. The Bertz CT molecular complexity index is 546. The number of nitriles is 2. The first-order valence-electron chi connectivity index (χ1n) is 7.28. The van der Waals surface area contributed by atoms with Crippen LogP contribution < -0.4 is 4.90 Å². The predicted molar refractivity (Wildman–Crippen MR) is 87.6 cm³/mol. The summed E-state index contributed by atoms with van der Waals surface area (Å²) < 4.78 is 0. The molecule has 1 rings (SSSR count). The number of benzene rings is 1. The van der Waals surface area contributed by atoms with Gasteiger partial charge in [-0.2, -0.15) is 10.5 Å². The van der Waals surface area contributed by atoms with Crippen LogP contribution in [-0.2, 0) is 0 Å². The molecule has 0 saturated carbocycles. The van der Waals surface area contributed by atoms with Crippen molar-refractivity contribution in [3.8, 4) is 12.1 Å². The Kier molecular flexibility index (Phi) is 7.40. The molecule has 0 atom stereocenters. The highest BCUT2D eigenvalue weighted by atomic mass is 15.1. The Balaban J connectivity index is 2.78. The summed E-state index contributed by atoms with van der Waals surface area (Å²) in [4.78, 5) is 2.39. The van der Waals surface area contributed by atoms with Gasteiger partial charge in [0.2, 0.25) is 0 Å². The normalized spacial score (nSPS) is 9.90. The summed E-state index contributed by atoms with van der Waals surface area (Å²) in [6.07, 6.45) is 7.42. The van der Waals surface area contributed by atoms with E-state index in [1.807, 2.05) is 18.2 Å². The summed E-state index contributed by atoms with van der Waals surface area (Å²) in [5.74, 6) is 0. The molecule has 1 aromatic rings. The largest absolute Gasteiger partial charge is 0.372 e. The fourth-order valence-corrected chi connectivity index (χ4v) is 2.06. The second-order valence-electron chi connectivity index (χ2n) is 4.74. The van der Waals surface area contributed by atoms with E-state index in [1.165, 1.54) is 11.8 Å². The molecular weight excluding hydrogens is 258 g/mol. The van der Waals surface area contributed by atoms with Crippen molar-refractivity contribution in [3.63, 3.8) is 0 Å². The highest BCUT2D eigenvalue weighted by Gasteiger charge is 2.03. The number of hydrogen-bond donors (Lipinski definition) is 0. The summed E-state index contributed by atoms with van der Waals surface area (Å²) in [6, 6.07) is 12.0. The van der Waals surface area contributed by atoms with Crippen molar-refractivity contribution in [2.75, 3.05) is 18.0 Å². The average Bonchev–Trinajstić information content (AvgIpc) is 2.52. The zero-order chi connectivity index (χ0) is 15.5. The first kappa shape index (κ1) is 16.5. The molecule has 3 heteroatoms. The Morgan fingerprint density at radius 2 is 1.62 bits per heavy atom. The highest BCUT2D eigenvalue weighted by molar-refractivity contribution is 5.57. The molecule has 0 radical (unpaired) electrons. The molecule has 0 aliphatic rings. The second kappa shape index (κ2) is 9.39. The molecule has 0 heterocycles. The Labute approximate surface area is 127 Å². The van der Waals surface area contributed by atoms with Gasteiger partial charge in [0.1, 0.15) is 17.7 Å². The molecule has 0 fully saturated rings. The smallest absolute Gasteiger partial charge is 0.129 e. The number of allylic oxidation sites excluding steroid dienone is 3. The van der Waals surface area contributed by atoms with Crippen LogP contribution in [0.5, 0.6) is 0 Å². The number of hydrogen-bond acceptors (Lipinski definition) is 3. The number of anilines is 1. The molecule has 0 amide bonds. The van der Waals surface area contributed by atoms with Crippen LogP contribution in [0, 0.1) is 22.7 Å². The molecule has 0 saturated heterocycles. The van der Waals surface area contributed by atoms with Crippen LogP contribution in [0.15, 0.2) is 42.0 Å². The molecule has 0 bridgehead atoms. The highest BCUT2D eigenvalue weighted by Crippen LogP contribution is 2.17. The summed E-state index contributed by atoms with van der Waals surface area (Å²) in [5.41, 5.74) is 2.40. The molecule has 0 aromatic heterocycles. The van der Waals surface area contributed by atoms with Gasteiger partial charge in [-0.15, -0.1) is 0 Å². The maximum atomic E-state index is 8.64. The fourth-order valence-electron chi connectivity index (χ4n) is 2.06. The van der Waals surface area contributed by atoms with E-state index in [1.54, 1.807) is 6.08 Å². The molecule has 108 valence electrons. The van der Waals surface area contributed by atoms with Gasteiger partial charge in [0.05, 0.1) is 0 Å². The van der Waals surface area contributed by atoms with Crippen LogP contribution in [-0.4, -0.2) is 13.1 Å². The predicted octanol–water partition coefficient (Wildman–Crippen LogP) is 4.30. The van der Waals surface area contributed by atoms with E-state index in [0.29, 0.717) is 0 Å². The first-order chi connectivity index (χ1) is 10.2. The topological polar surface area (TPSA) is 50.8 Å². The van der Waals surface area contributed by atoms with E-state index in [2.05, 4.69) is 43.0 Å². The number of nitrogens with zero attached hydrogens (tertiary/aromatic N) is 3. The zero-order valence-corrected chi connectivity index (χ0v) is 12.7. The van der Waals surface area contributed by atoms with Crippen LogP contribution in [0.4, 0.5) is 5.69 Å². The fraction of sp³-hybridized carbons (Fsp3) is 0.333. The molecule has 3 nitrogen and oxygen atoms in total. The second-order valence-corrected chi connectivity index (χ2v) is 4.74. The van der Waals surface area contributed by atoms with Crippen molar-refractivity contribution in [3.05, 3.63) is 47.6 Å². The molecule has 0 spiro atoms. The lowest BCUT2D eigenvalue weighted by Gasteiger charge is -2.23. The van der Waals surface area contributed by atoms with Gasteiger partial charge >= 0.3 is 0 Å². The quantitative estimate of drug-likeness (QED) is 0.552. The number of rotatable bonds is 7. The van der Waals surface area contributed by atoms with Gasteiger partial charge < -0.3 is 4.90 Å². The van der Waals surface area contributed by atoms with Crippen LogP contribution >= 0.6 is 0 Å². The summed E-state index contributed by atoms with van der Waals surface area (Å²) in [6.45, 7) is 6.51. The van der Waals surface area contributed by atoms with E-state index in [-0.39, 0.29) is 5.57 Å². The van der Waals surface area contributed by atoms with Gasteiger partial charge in [-0.1, -0.05) is 38.1 Å². The van der Waals surface area contributed by atoms with Gasteiger partial charge in [-0.25, -0.2) is 0 Å². The van der Waals surface area contributed by atoms with E-state index < -0.39 is 0 Å². The van der Waals surface area contributed by atoms with Crippen molar-refractivity contribution >= 4 is 11.8 Å². The maximum Gasteiger partial charge on any atom is 0.129 e. The van der Waals surface area contributed by atoms with Crippen molar-refractivity contribution < 1.29 is 0 Å². The molecule has 21 heavy (non-hydrogen) atoms. The SMILES string of the molecule is CCCN(CCC)c1ccc(/C=C/C=C(C#N)C#N)cc1. The average molecular weight is 279 g/mol. The van der Waals surface area contributed by atoms with E-state index in [0.717, 1.165) is 31.5 Å². The zero-order valence-electron chi connectivity index (χ0n) is 12.7. The van der Waals surface area contributed by atoms with Gasteiger partial charge in [0.25, 0.3) is 0 Å². The summed E-state index contributed by atoms with van der Waals surface area (Å²) in [5, 5.41) is 17.3. The standard InChI is InChI=1S/C18H21N3/c1-3-12-21(13-4-2)18-10-8-16(9-11-18)6-5-7-17(14-19)15-20/h5-11H,3-4,12-13H2,1-2H3/b6-5+. The minimum atomic E-state index is 0.111. The van der Waals surface area contributed by atoms with Crippen LogP contribution in [0.3, 0.4) is 0 Å². The lowest BCUT2D eigenvalue weighted by atomic mass is 10.1. The van der Waals surface area contributed by atoms with Gasteiger partial charge in [-0.3, -0.25) is 0 Å². The van der Waals surface area contributed by atoms with E-state index in [4.69, 9.17) is 10.5 Å². The third-order valence-electron chi connectivity index (χ3n) is 3.04. The van der Waals surface area contributed by atoms with Gasteiger partial charge in [-0.05, 0) is 36.6 Å². The molecule has 0 aliphatic carbocycles. The minimum Gasteiger partial charge on any atom is -0.372 e. The van der Waals surface area contributed by atoms with Crippen molar-refractivity contribution in [2.45, 2.75) is 26.7 Å². The maximum absolute atomic E-state index is 8.64. The summed E-state index contributed by atoms with van der Waals surface area (Å²) >= 11 is 0. The van der Waals surface area contributed by atoms with Crippen molar-refractivity contribution in [1.29, 1.82) is 10.5 Å². The van der Waals surface area contributed by atoms with Gasteiger partial charge in [0, 0.05) is 18.8 Å². The third kappa shape index (κ3) is 5.55. The van der Waals surface area contributed by atoms with Crippen LogP contribution in [0.2, 0.25) is 0 Å². The Morgan fingerprint density at radius 3 is 2.10 bits per heavy atom. The lowest BCUT2D eigenvalue weighted by Crippen LogP contribution is -2.24. The Morgan fingerprint density at radius 1 is 1.05 bits per heavy atom. The van der Waals surface area contributed by atoms with Crippen LogP contribution in [0.1, 0.15) is 32.3 Å².